The first-order chi connectivity index (χ1) is 16.2. The van der Waals surface area contributed by atoms with E-state index in [9.17, 15) is 22.8 Å². The van der Waals surface area contributed by atoms with Gasteiger partial charge in [-0.2, -0.15) is 0 Å². The van der Waals surface area contributed by atoms with Crippen molar-refractivity contribution < 1.29 is 27.5 Å². The van der Waals surface area contributed by atoms with Gasteiger partial charge in [0.1, 0.15) is 10.8 Å². The van der Waals surface area contributed by atoms with Gasteiger partial charge in [-0.15, -0.1) is 24.5 Å². The minimum atomic E-state index is -4.74. The summed E-state index contributed by atoms with van der Waals surface area (Å²) in [5, 5.41) is 0.688. The van der Waals surface area contributed by atoms with Gasteiger partial charge in [0.15, 0.2) is 11.6 Å². The van der Waals surface area contributed by atoms with Crippen LogP contribution in [0.15, 0.2) is 54.7 Å². The Bertz CT molecular complexity index is 1420. The maximum absolute atomic E-state index is 13.0. The molecule has 0 amide bonds. The predicted octanol–water partition coefficient (Wildman–Crippen LogP) is 6.30. The van der Waals surface area contributed by atoms with Crippen LogP contribution in [0.3, 0.4) is 0 Å². The lowest BCUT2D eigenvalue weighted by Crippen LogP contribution is -2.28. The molecule has 0 saturated heterocycles. The predicted molar refractivity (Wildman–Crippen MR) is 122 cm³/mol. The van der Waals surface area contributed by atoms with Crippen LogP contribution in [0.5, 0.6) is 5.75 Å². The first-order valence-electron chi connectivity index (χ1n) is 10.7. The van der Waals surface area contributed by atoms with Crippen molar-refractivity contribution >= 4 is 33.1 Å². The molecule has 0 aliphatic carbocycles. The van der Waals surface area contributed by atoms with E-state index in [1.807, 2.05) is 18.2 Å². The third kappa shape index (κ3) is 4.35. The van der Waals surface area contributed by atoms with Crippen molar-refractivity contribution in [3.63, 3.8) is 0 Å². The summed E-state index contributed by atoms with van der Waals surface area (Å²) < 4.78 is 44.3. The number of fused-ring (bicyclic) bond motifs is 2. The van der Waals surface area contributed by atoms with Crippen LogP contribution in [0.25, 0.3) is 21.3 Å². The molecule has 5 rings (SSSR count). The van der Waals surface area contributed by atoms with Gasteiger partial charge >= 0.3 is 6.36 Å². The zero-order valence-corrected chi connectivity index (χ0v) is 18.9. The van der Waals surface area contributed by atoms with Gasteiger partial charge in [0.2, 0.25) is 0 Å². The molecule has 0 bridgehead atoms. The average Bonchev–Trinajstić information content (AvgIpc) is 3.41. The number of rotatable bonds is 5. The maximum Gasteiger partial charge on any atom is 0.573 e. The summed E-state index contributed by atoms with van der Waals surface area (Å²) in [6.07, 6.45) is -1.95. The molecule has 5 nitrogen and oxygen atoms in total. The lowest BCUT2D eigenvalue weighted by atomic mass is 9.97. The van der Waals surface area contributed by atoms with Gasteiger partial charge in [0.25, 0.3) is 0 Å². The molecular weight excluding hydrogens is 465 g/mol. The lowest BCUT2D eigenvalue weighted by molar-refractivity contribution is -0.274. The van der Waals surface area contributed by atoms with Crippen LogP contribution >= 0.6 is 11.3 Å². The molecule has 0 saturated carbocycles. The zero-order valence-electron chi connectivity index (χ0n) is 18.1. The fourth-order valence-corrected chi connectivity index (χ4v) is 5.33. The molecule has 1 aliphatic heterocycles. The molecular formula is C25H19F3N2O3S. The van der Waals surface area contributed by atoms with Crippen LogP contribution in [-0.2, 0) is 11.2 Å². The third-order valence-corrected chi connectivity index (χ3v) is 6.93. The first kappa shape index (κ1) is 22.3. The second-order valence-electron chi connectivity index (χ2n) is 8.24. The molecule has 174 valence electrons. The zero-order chi connectivity index (χ0) is 24.0. The number of aromatic nitrogens is 2. The highest BCUT2D eigenvalue weighted by Crippen LogP contribution is 2.34. The molecule has 0 radical (unpaired) electrons. The highest BCUT2D eigenvalue weighted by molar-refractivity contribution is 7.18. The van der Waals surface area contributed by atoms with E-state index >= 15 is 0 Å². The number of ketones is 2. The number of thiazole rings is 1. The number of aryl methyl sites for hydroxylation is 1. The fourth-order valence-electron chi connectivity index (χ4n) is 4.32. The van der Waals surface area contributed by atoms with Crippen LogP contribution in [0, 0.1) is 6.92 Å². The number of ether oxygens (including phenoxy) is 1. The van der Waals surface area contributed by atoms with E-state index in [1.165, 1.54) is 17.4 Å². The smallest absolute Gasteiger partial charge is 0.406 e. The summed E-state index contributed by atoms with van der Waals surface area (Å²) in [6.45, 7) is 1.56. The van der Waals surface area contributed by atoms with Crippen molar-refractivity contribution in [1.29, 1.82) is 0 Å². The van der Waals surface area contributed by atoms with Crippen LogP contribution in [0.4, 0.5) is 13.2 Å². The number of benzene rings is 2. The average molecular weight is 484 g/mol. The monoisotopic (exact) mass is 484 g/mol. The Morgan fingerprint density at radius 1 is 1.18 bits per heavy atom. The largest absolute Gasteiger partial charge is 0.573 e. The highest BCUT2D eigenvalue weighted by atomic mass is 32.1. The number of carbonyl (C=O) groups excluding carboxylic acids is 2. The van der Waals surface area contributed by atoms with Gasteiger partial charge in [0, 0.05) is 12.6 Å². The normalized spacial score (nSPS) is 16.0. The quantitative estimate of drug-likeness (QED) is 0.334. The molecule has 34 heavy (non-hydrogen) atoms. The molecule has 9 heteroatoms. The van der Waals surface area contributed by atoms with E-state index in [1.54, 1.807) is 42.0 Å². The van der Waals surface area contributed by atoms with Gasteiger partial charge in [-0.3, -0.25) is 9.59 Å². The Kier molecular flexibility index (Phi) is 5.51. The van der Waals surface area contributed by atoms with E-state index < -0.39 is 6.36 Å². The maximum atomic E-state index is 13.0. The second-order valence-corrected chi connectivity index (χ2v) is 9.35. The highest BCUT2D eigenvalue weighted by Gasteiger charge is 2.32. The Hall–Kier alpha value is -3.46. The number of halogens is 3. The lowest BCUT2D eigenvalue weighted by Gasteiger charge is -2.24. The summed E-state index contributed by atoms with van der Waals surface area (Å²) in [4.78, 5) is 29.6. The van der Waals surface area contributed by atoms with Crippen LogP contribution in [0.1, 0.15) is 39.9 Å². The Balaban J connectivity index is 1.37. The molecule has 2 aromatic carbocycles. The minimum absolute atomic E-state index is 0.0140. The summed E-state index contributed by atoms with van der Waals surface area (Å²) in [7, 11) is 0. The van der Waals surface area contributed by atoms with Crippen LogP contribution in [-0.4, -0.2) is 27.5 Å². The molecule has 3 heterocycles. The van der Waals surface area contributed by atoms with E-state index in [-0.39, 0.29) is 29.8 Å². The van der Waals surface area contributed by atoms with E-state index in [0.717, 1.165) is 21.3 Å². The number of hydrogen-bond acceptors (Lipinski definition) is 5. The molecule has 1 unspecified atom stereocenters. The Morgan fingerprint density at radius 3 is 2.71 bits per heavy atom. The summed E-state index contributed by atoms with van der Waals surface area (Å²) in [6, 6.07) is 13.3. The van der Waals surface area contributed by atoms with Crippen molar-refractivity contribution in [3.05, 3.63) is 71.0 Å². The van der Waals surface area contributed by atoms with E-state index in [2.05, 4.69) is 9.72 Å². The van der Waals surface area contributed by atoms with E-state index in [4.69, 9.17) is 0 Å². The van der Waals surface area contributed by atoms with Gasteiger partial charge in [0.05, 0.1) is 28.4 Å². The molecule has 0 spiro atoms. The standard InChI is InChI=1S/C25H19F3N2O3S/c1-14-11-15(5-9-22(14)33-25(26,27)28)16-4-6-17-23(12-16)34-24(29-17)13-21(32)19-7-8-20(31)18-3-2-10-30(18)19/h2-6,9-12,19H,7-8,13H2,1H3. The van der Waals surface area contributed by atoms with E-state index in [0.29, 0.717) is 29.1 Å². The summed E-state index contributed by atoms with van der Waals surface area (Å²) >= 11 is 1.42. The number of Topliss-reactive ketones (excluding diaryl/α,β-unsaturated/α-hetero) is 2. The van der Waals surface area contributed by atoms with Crippen molar-refractivity contribution in [2.75, 3.05) is 0 Å². The summed E-state index contributed by atoms with van der Waals surface area (Å²) in [5.74, 6) is -0.166. The van der Waals surface area contributed by atoms with Gasteiger partial charge in [-0.1, -0.05) is 12.1 Å². The Morgan fingerprint density at radius 2 is 1.94 bits per heavy atom. The SMILES string of the molecule is Cc1cc(-c2ccc3nc(CC(=O)C4CCC(=O)c5cccn54)sc3c2)ccc1OC(F)(F)F. The van der Waals surface area contributed by atoms with Crippen molar-refractivity contribution in [2.45, 2.75) is 38.6 Å². The number of alkyl halides is 3. The Labute approximate surface area is 196 Å². The topological polar surface area (TPSA) is 61.2 Å². The fraction of sp³-hybridized carbons (Fsp3) is 0.240. The molecule has 2 aromatic heterocycles. The molecule has 0 fully saturated rings. The molecule has 0 N–H and O–H groups in total. The van der Waals surface area contributed by atoms with Crippen molar-refractivity contribution in [3.8, 4) is 16.9 Å². The number of hydrogen-bond donors (Lipinski definition) is 0. The first-order valence-corrected chi connectivity index (χ1v) is 11.5. The van der Waals surface area contributed by atoms with Gasteiger partial charge in [-0.05, 0) is 66.4 Å². The molecule has 1 aliphatic rings. The van der Waals surface area contributed by atoms with Crippen molar-refractivity contribution in [1.82, 2.24) is 9.55 Å². The molecule has 4 aromatic rings. The van der Waals surface area contributed by atoms with Crippen molar-refractivity contribution in [2.24, 2.45) is 0 Å². The molecule has 1 atom stereocenters. The van der Waals surface area contributed by atoms with Crippen LogP contribution < -0.4 is 4.74 Å². The third-order valence-electron chi connectivity index (χ3n) is 5.91. The van der Waals surface area contributed by atoms with Crippen LogP contribution in [0.2, 0.25) is 0 Å². The minimum Gasteiger partial charge on any atom is -0.406 e. The van der Waals surface area contributed by atoms with Gasteiger partial charge < -0.3 is 9.30 Å². The second kappa shape index (κ2) is 8.39. The summed E-state index contributed by atoms with van der Waals surface area (Å²) in [5.41, 5.74) is 3.29. The number of nitrogens with zero attached hydrogens (tertiary/aromatic N) is 2. The number of carbonyl (C=O) groups is 2. The van der Waals surface area contributed by atoms with Gasteiger partial charge in [-0.25, -0.2) is 4.98 Å².